The lowest BCUT2D eigenvalue weighted by molar-refractivity contribution is -0.130. The van der Waals surface area contributed by atoms with E-state index in [2.05, 4.69) is 0 Å². The molecule has 0 aliphatic carbocycles. The highest BCUT2D eigenvalue weighted by atomic mass is 16.5. The van der Waals surface area contributed by atoms with Gasteiger partial charge in [-0.2, -0.15) is 0 Å². The first-order valence-electron chi connectivity index (χ1n) is 7.55. The molecule has 1 heterocycles. The van der Waals surface area contributed by atoms with Crippen LogP contribution in [-0.2, 0) is 9.53 Å². The van der Waals surface area contributed by atoms with Gasteiger partial charge in [0.05, 0.1) is 19.8 Å². The van der Waals surface area contributed by atoms with E-state index < -0.39 is 0 Å². The minimum atomic E-state index is -0.351. The fraction of sp³-hybridized carbons (Fsp3) is 0.150. The molecule has 0 spiro atoms. The molecular formula is C20H18O4. The molecule has 4 nitrogen and oxygen atoms in total. The van der Waals surface area contributed by atoms with E-state index in [9.17, 15) is 4.79 Å². The van der Waals surface area contributed by atoms with Crippen LogP contribution in [0.1, 0.15) is 16.7 Å². The maximum Gasteiger partial charge on any atom is 0.343 e. The van der Waals surface area contributed by atoms with Crippen molar-refractivity contribution in [1.82, 2.24) is 0 Å². The van der Waals surface area contributed by atoms with Crippen molar-refractivity contribution >= 4 is 17.8 Å². The van der Waals surface area contributed by atoms with Gasteiger partial charge >= 0.3 is 5.97 Å². The smallest absolute Gasteiger partial charge is 0.343 e. The fourth-order valence-corrected chi connectivity index (χ4v) is 2.49. The molecule has 4 heteroatoms. The van der Waals surface area contributed by atoms with E-state index in [0.29, 0.717) is 11.3 Å². The van der Waals surface area contributed by atoms with Crippen molar-refractivity contribution < 1.29 is 19.0 Å². The molecule has 1 aliphatic heterocycles. The Hall–Kier alpha value is -3.01. The van der Waals surface area contributed by atoms with Gasteiger partial charge in [-0.15, -0.1) is 0 Å². The second-order valence-corrected chi connectivity index (χ2v) is 5.45. The van der Waals surface area contributed by atoms with Crippen LogP contribution in [0, 0.1) is 6.92 Å². The number of methoxy groups -OCH3 is 2. The number of ether oxygens (including phenoxy) is 3. The van der Waals surface area contributed by atoms with Crippen molar-refractivity contribution in [3.8, 4) is 11.5 Å². The molecule has 0 atom stereocenters. The summed E-state index contributed by atoms with van der Waals surface area (Å²) in [7, 11) is 3.24. The molecule has 0 unspecified atom stereocenters. The summed E-state index contributed by atoms with van der Waals surface area (Å²) < 4.78 is 15.7. The third kappa shape index (κ3) is 3.18. The number of cyclic esters (lactones) is 1. The van der Waals surface area contributed by atoms with Gasteiger partial charge in [-0.3, -0.25) is 0 Å². The Labute approximate surface area is 141 Å². The van der Waals surface area contributed by atoms with E-state index in [-0.39, 0.29) is 5.97 Å². The maximum atomic E-state index is 12.1. The largest absolute Gasteiger partial charge is 0.497 e. The highest BCUT2D eigenvalue weighted by molar-refractivity contribution is 6.05. The average molecular weight is 322 g/mol. The lowest BCUT2D eigenvalue weighted by Gasteiger charge is -2.04. The highest BCUT2D eigenvalue weighted by Crippen LogP contribution is 2.29. The monoisotopic (exact) mass is 322 g/mol. The standard InChI is InChI=1S/C20H18O4/c1-13-10-18(23-3)9-6-15(13)11-16-12-19(24-20(16)21)14-4-7-17(22-2)8-5-14/h4-12H,1-3H3/b16-11+. The van der Waals surface area contributed by atoms with Crippen molar-refractivity contribution in [2.75, 3.05) is 14.2 Å². The topological polar surface area (TPSA) is 44.8 Å². The Morgan fingerprint density at radius 1 is 0.958 bits per heavy atom. The molecule has 122 valence electrons. The fourth-order valence-electron chi connectivity index (χ4n) is 2.49. The first kappa shape index (κ1) is 15.9. The second kappa shape index (κ2) is 6.62. The van der Waals surface area contributed by atoms with Gasteiger partial charge in [0.2, 0.25) is 0 Å². The minimum Gasteiger partial charge on any atom is -0.497 e. The second-order valence-electron chi connectivity index (χ2n) is 5.45. The molecule has 2 aromatic carbocycles. The molecule has 0 bridgehead atoms. The summed E-state index contributed by atoms with van der Waals surface area (Å²) in [4.78, 5) is 12.1. The maximum absolute atomic E-state index is 12.1. The Morgan fingerprint density at radius 2 is 1.62 bits per heavy atom. The van der Waals surface area contributed by atoms with Crippen LogP contribution in [0.2, 0.25) is 0 Å². The van der Waals surface area contributed by atoms with E-state index in [1.54, 1.807) is 20.3 Å². The minimum absolute atomic E-state index is 0.351. The normalized spacial score (nSPS) is 15.2. The zero-order chi connectivity index (χ0) is 17.1. The van der Waals surface area contributed by atoms with E-state index in [1.165, 1.54) is 0 Å². The molecule has 1 aliphatic rings. The molecule has 0 amide bonds. The van der Waals surface area contributed by atoms with E-state index in [1.807, 2.05) is 55.5 Å². The average Bonchev–Trinajstić information content (AvgIpc) is 2.97. The van der Waals surface area contributed by atoms with Crippen molar-refractivity contribution in [1.29, 1.82) is 0 Å². The van der Waals surface area contributed by atoms with Gasteiger partial charge in [0.1, 0.15) is 17.3 Å². The SMILES string of the molecule is COc1ccc(C2=C/C(=C\c3ccc(OC)cc3C)C(=O)O2)cc1. The molecule has 0 aromatic heterocycles. The summed E-state index contributed by atoms with van der Waals surface area (Å²) in [6, 6.07) is 13.1. The molecule has 0 saturated carbocycles. The zero-order valence-electron chi connectivity index (χ0n) is 13.8. The first-order chi connectivity index (χ1) is 11.6. The van der Waals surface area contributed by atoms with Crippen LogP contribution in [0.5, 0.6) is 11.5 Å². The lowest BCUT2D eigenvalue weighted by Crippen LogP contribution is -1.97. The first-order valence-corrected chi connectivity index (χ1v) is 7.55. The number of aryl methyl sites for hydroxylation is 1. The molecule has 0 N–H and O–H groups in total. The van der Waals surface area contributed by atoms with Crippen LogP contribution in [0.4, 0.5) is 0 Å². The quantitative estimate of drug-likeness (QED) is 0.630. The predicted octanol–water partition coefficient (Wildman–Crippen LogP) is 3.99. The van der Waals surface area contributed by atoms with Gasteiger partial charge in [0.25, 0.3) is 0 Å². The number of carbonyl (C=O) groups excluding carboxylic acids is 1. The molecule has 2 aromatic rings. The van der Waals surface area contributed by atoms with Crippen molar-refractivity contribution in [3.05, 3.63) is 70.8 Å². The lowest BCUT2D eigenvalue weighted by atomic mass is 10.0. The van der Waals surface area contributed by atoms with Crippen LogP contribution in [0.3, 0.4) is 0 Å². The van der Waals surface area contributed by atoms with Gasteiger partial charge in [-0.1, -0.05) is 6.07 Å². The third-order valence-electron chi connectivity index (χ3n) is 3.89. The van der Waals surface area contributed by atoms with Gasteiger partial charge in [0.15, 0.2) is 0 Å². The van der Waals surface area contributed by atoms with Crippen molar-refractivity contribution in [2.45, 2.75) is 6.92 Å². The van der Waals surface area contributed by atoms with Crippen molar-refractivity contribution in [2.24, 2.45) is 0 Å². The number of rotatable bonds is 4. The Kier molecular flexibility index (Phi) is 4.38. The van der Waals surface area contributed by atoms with Crippen molar-refractivity contribution in [3.63, 3.8) is 0 Å². The molecule has 0 saturated heterocycles. The molecular weight excluding hydrogens is 304 g/mol. The number of hydrogen-bond acceptors (Lipinski definition) is 4. The van der Waals surface area contributed by atoms with Crippen LogP contribution < -0.4 is 9.47 Å². The summed E-state index contributed by atoms with van der Waals surface area (Å²) in [5.41, 5.74) is 3.34. The highest BCUT2D eigenvalue weighted by Gasteiger charge is 2.22. The van der Waals surface area contributed by atoms with E-state index in [0.717, 1.165) is 28.2 Å². The summed E-state index contributed by atoms with van der Waals surface area (Å²) >= 11 is 0. The van der Waals surface area contributed by atoms with Crippen LogP contribution in [0.15, 0.2) is 54.1 Å². The predicted molar refractivity (Wildman–Crippen MR) is 92.8 cm³/mol. The summed E-state index contributed by atoms with van der Waals surface area (Å²) in [5.74, 6) is 1.74. The Morgan fingerprint density at radius 3 is 2.25 bits per heavy atom. The Balaban J connectivity index is 1.90. The van der Waals surface area contributed by atoms with E-state index in [4.69, 9.17) is 14.2 Å². The summed E-state index contributed by atoms with van der Waals surface area (Å²) in [6.45, 7) is 1.98. The van der Waals surface area contributed by atoms with Gasteiger partial charge in [0, 0.05) is 5.56 Å². The number of esters is 1. The Bertz CT molecular complexity index is 829. The van der Waals surface area contributed by atoms with Crippen LogP contribution in [-0.4, -0.2) is 20.2 Å². The van der Waals surface area contributed by atoms with Gasteiger partial charge in [-0.25, -0.2) is 4.79 Å². The third-order valence-corrected chi connectivity index (χ3v) is 3.89. The molecule has 3 rings (SSSR count). The number of hydrogen-bond donors (Lipinski definition) is 0. The zero-order valence-corrected chi connectivity index (χ0v) is 13.8. The number of benzene rings is 2. The summed E-state index contributed by atoms with van der Waals surface area (Å²) in [6.07, 6.45) is 3.58. The molecule has 24 heavy (non-hydrogen) atoms. The van der Waals surface area contributed by atoms with Crippen LogP contribution >= 0.6 is 0 Å². The molecule has 0 radical (unpaired) electrons. The van der Waals surface area contributed by atoms with Gasteiger partial charge < -0.3 is 14.2 Å². The van der Waals surface area contributed by atoms with Crippen LogP contribution in [0.25, 0.3) is 11.8 Å². The molecule has 0 fully saturated rings. The summed E-state index contributed by atoms with van der Waals surface area (Å²) in [5, 5.41) is 0. The van der Waals surface area contributed by atoms with Gasteiger partial charge in [-0.05, 0) is 66.6 Å². The van der Waals surface area contributed by atoms with E-state index >= 15 is 0 Å². The number of carbonyl (C=O) groups is 1.